The molecule has 1 saturated heterocycles. The zero-order valence-electron chi connectivity index (χ0n) is 17.0. The summed E-state index contributed by atoms with van der Waals surface area (Å²) in [6.45, 7) is 1.34. The Hall–Kier alpha value is -3.55. The highest BCUT2D eigenvalue weighted by Crippen LogP contribution is 2.32. The fourth-order valence-corrected chi connectivity index (χ4v) is 4.20. The fourth-order valence-electron chi connectivity index (χ4n) is 4.20. The SMILES string of the molecule is O=C(c1cn(CCCc2ccccc2)nn1)N1CCCC1c1nc2ccc(F)cc2[nH]1. The van der Waals surface area contributed by atoms with Gasteiger partial charge in [-0.05, 0) is 49.4 Å². The number of aryl methyl sites for hydroxylation is 2. The highest BCUT2D eigenvalue weighted by atomic mass is 19.1. The molecule has 0 spiro atoms. The van der Waals surface area contributed by atoms with Gasteiger partial charge < -0.3 is 9.88 Å². The van der Waals surface area contributed by atoms with Crippen LogP contribution in [0.4, 0.5) is 4.39 Å². The highest BCUT2D eigenvalue weighted by Gasteiger charge is 2.34. The van der Waals surface area contributed by atoms with E-state index in [0.29, 0.717) is 35.6 Å². The lowest BCUT2D eigenvalue weighted by Gasteiger charge is -2.21. The number of hydrogen-bond donors (Lipinski definition) is 1. The molecule has 0 bridgehead atoms. The van der Waals surface area contributed by atoms with Crippen molar-refractivity contribution in [2.45, 2.75) is 38.3 Å². The lowest BCUT2D eigenvalue weighted by Crippen LogP contribution is -2.31. The first-order chi connectivity index (χ1) is 15.2. The molecule has 0 aliphatic carbocycles. The molecule has 3 heterocycles. The smallest absolute Gasteiger partial charge is 0.276 e. The predicted octanol–water partition coefficient (Wildman–Crippen LogP) is 3.90. The zero-order chi connectivity index (χ0) is 21.2. The van der Waals surface area contributed by atoms with Crippen molar-refractivity contribution in [3.8, 4) is 0 Å². The van der Waals surface area contributed by atoms with E-state index in [9.17, 15) is 9.18 Å². The number of carbonyl (C=O) groups excluding carboxylic acids is 1. The van der Waals surface area contributed by atoms with Crippen LogP contribution < -0.4 is 0 Å². The van der Waals surface area contributed by atoms with Gasteiger partial charge in [0, 0.05) is 13.1 Å². The number of benzene rings is 2. The first-order valence-electron chi connectivity index (χ1n) is 10.6. The van der Waals surface area contributed by atoms with Crippen molar-refractivity contribution in [2.75, 3.05) is 6.54 Å². The van der Waals surface area contributed by atoms with Crippen LogP contribution in [0.3, 0.4) is 0 Å². The van der Waals surface area contributed by atoms with Crippen LogP contribution in [0, 0.1) is 5.82 Å². The summed E-state index contributed by atoms with van der Waals surface area (Å²) in [4.78, 5) is 22.7. The second kappa shape index (κ2) is 8.29. The van der Waals surface area contributed by atoms with Gasteiger partial charge in [-0.25, -0.2) is 9.37 Å². The largest absolute Gasteiger partial charge is 0.340 e. The fraction of sp³-hybridized carbons (Fsp3) is 0.304. The van der Waals surface area contributed by atoms with Crippen LogP contribution in [0.25, 0.3) is 11.0 Å². The topological polar surface area (TPSA) is 79.7 Å². The Labute approximate surface area is 178 Å². The van der Waals surface area contributed by atoms with Gasteiger partial charge in [-0.3, -0.25) is 9.48 Å². The van der Waals surface area contributed by atoms with Crippen LogP contribution in [0.15, 0.2) is 54.7 Å². The highest BCUT2D eigenvalue weighted by molar-refractivity contribution is 5.92. The normalized spacial score (nSPS) is 16.3. The number of nitrogens with zero attached hydrogens (tertiary/aromatic N) is 5. The van der Waals surface area contributed by atoms with E-state index in [1.54, 1.807) is 21.8 Å². The monoisotopic (exact) mass is 418 g/mol. The number of imidazole rings is 1. The summed E-state index contributed by atoms with van der Waals surface area (Å²) < 4.78 is 15.2. The number of likely N-dealkylation sites (tertiary alicyclic amines) is 1. The molecule has 158 valence electrons. The molecule has 8 heteroatoms. The quantitative estimate of drug-likeness (QED) is 0.515. The van der Waals surface area contributed by atoms with E-state index in [1.165, 1.54) is 17.7 Å². The predicted molar refractivity (Wildman–Crippen MR) is 114 cm³/mol. The Balaban J connectivity index is 1.26. The van der Waals surface area contributed by atoms with Crippen molar-refractivity contribution in [3.05, 3.63) is 77.6 Å². The molecule has 4 aromatic rings. The summed E-state index contributed by atoms with van der Waals surface area (Å²) in [6.07, 6.45) is 5.27. The molecule has 1 amide bonds. The first kappa shape index (κ1) is 19.4. The molecule has 5 rings (SSSR count). The third-order valence-corrected chi connectivity index (χ3v) is 5.74. The molecule has 1 aliphatic heterocycles. The average Bonchev–Trinajstić information content (AvgIpc) is 3.52. The van der Waals surface area contributed by atoms with Crippen molar-refractivity contribution in [2.24, 2.45) is 0 Å². The van der Waals surface area contributed by atoms with E-state index in [2.05, 4.69) is 32.4 Å². The molecular weight excluding hydrogens is 395 g/mol. The molecule has 0 saturated carbocycles. The lowest BCUT2D eigenvalue weighted by atomic mass is 10.1. The second-order valence-corrected chi connectivity index (χ2v) is 7.90. The van der Waals surface area contributed by atoms with E-state index in [0.717, 1.165) is 25.7 Å². The lowest BCUT2D eigenvalue weighted by molar-refractivity contribution is 0.0724. The third-order valence-electron chi connectivity index (χ3n) is 5.74. The Kier molecular flexibility index (Phi) is 5.19. The van der Waals surface area contributed by atoms with Gasteiger partial charge in [-0.15, -0.1) is 5.10 Å². The van der Waals surface area contributed by atoms with E-state index in [-0.39, 0.29) is 17.8 Å². The Morgan fingerprint density at radius 2 is 2.06 bits per heavy atom. The van der Waals surface area contributed by atoms with Gasteiger partial charge in [-0.1, -0.05) is 35.5 Å². The van der Waals surface area contributed by atoms with Gasteiger partial charge in [0.15, 0.2) is 5.69 Å². The van der Waals surface area contributed by atoms with Crippen molar-refractivity contribution in [3.63, 3.8) is 0 Å². The number of aromatic nitrogens is 5. The van der Waals surface area contributed by atoms with E-state index < -0.39 is 0 Å². The van der Waals surface area contributed by atoms with Gasteiger partial charge in [0.1, 0.15) is 11.6 Å². The molecule has 0 radical (unpaired) electrons. The second-order valence-electron chi connectivity index (χ2n) is 7.90. The van der Waals surface area contributed by atoms with Crippen molar-refractivity contribution in [1.29, 1.82) is 0 Å². The van der Waals surface area contributed by atoms with Gasteiger partial charge in [0.05, 0.1) is 23.3 Å². The summed E-state index contributed by atoms with van der Waals surface area (Å²) in [7, 11) is 0. The van der Waals surface area contributed by atoms with Crippen LogP contribution in [0.2, 0.25) is 0 Å². The first-order valence-corrected chi connectivity index (χ1v) is 10.6. The van der Waals surface area contributed by atoms with Gasteiger partial charge in [0.25, 0.3) is 5.91 Å². The molecule has 1 fully saturated rings. The molecule has 1 aliphatic rings. The maximum absolute atomic E-state index is 13.5. The van der Waals surface area contributed by atoms with Gasteiger partial charge >= 0.3 is 0 Å². The standard InChI is InChI=1S/C23H23FN6O/c24-17-10-11-18-19(14-17)26-22(25-18)21-9-5-13-30(21)23(31)20-15-29(28-27-20)12-4-8-16-6-2-1-3-7-16/h1-3,6-7,10-11,14-15,21H,4-5,8-9,12-13H2,(H,25,26). The summed E-state index contributed by atoms with van der Waals surface area (Å²) in [5, 5.41) is 8.25. The van der Waals surface area contributed by atoms with Crippen LogP contribution in [0.1, 0.15) is 47.2 Å². The summed E-state index contributed by atoms with van der Waals surface area (Å²) >= 11 is 0. The Morgan fingerprint density at radius 1 is 1.19 bits per heavy atom. The number of nitrogens with one attached hydrogen (secondary N) is 1. The molecule has 31 heavy (non-hydrogen) atoms. The van der Waals surface area contributed by atoms with Crippen LogP contribution in [0.5, 0.6) is 0 Å². The number of fused-ring (bicyclic) bond motifs is 1. The molecule has 1 atom stereocenters. The molecule has 1 unspecified atom stereocenters. The van der Waals surface area contributed by atoms with Crippen molar-refractivity contribution >= 4 is 16.9 Å². The molecule has 7 nitrogen and oxygen atoms in total. The van der Waals surface area contributed by atoms with Crippen LogP contribution in [-0.4, -0.2) is 42.3 Å². The summed E-state index contributed by atoms with van der Waals surface area (Å²) in [5.74, 6) is 0.219. The Bertz CT molecular complexity index is 1200. The molecular formula is C23H23FN6O. The van der Waals surface area contributed by atoms with Crippen molar-refractivity contribution in [1.82, 2.24) is 29.9 Å². The zero-order valence-corrected chi connectivity index (χ0v) is 17.0. The molecule has 2 aromatic heterocycles. The number of hydrogen-bond acceptors (Lipinski definition) is 4. The molecule has 1 N–H and O–H groups in total. The third kappa shape index (κ3) is 4.05. The van der Waals surface area contributed by atoms with E-state index in [4.69, 9.17) is 0 Å². The maximum atomic E-state index is 13.5. The minimum Gasteiger partial charge on any atom is -0.340 e. The van der Waals surface area contributed by atoms with Gasteiger partial charge in [0.2, 0.25) is 0 Å². The molecule has 2 aromatic carbocycles. The number of carbonyl (C=O) groups is 1. The number of aromatic amines is 1. The number of amides is 1. The average molecular weight is 418 g/mol. The van der Waals surface area contributed by atoms with Crippen LogP contribution in [-0.2, 0) is 13.0 Å². The minimum atomic E-state index is -0.314. The summed E-state index contributed by atoms with van der Waals surface area (Å²) in [5.41, 5.74) is 2.96. The summed E-state index contributed by atoms with van der Waals surface area (Å²) in [6, 6.07) is 14.6. The van der Waals surface area contributed by atoms with Gasteiger partial charge in [-0.2, -0.15) is 0 Å². The van der Waals surface area contributed by atoms with Crippen molar-refractivity contribution < 1.29 is 9.18 Å². The van der Waals surface area contributed by atoms with E-state index in [1.807, 2.05) is 18.2 Å². The minimum absolute atomic E-state index is 0.150. The Morgan fingerprint density at radius 3 is 2.94 bits per heavy atom. The number of H-pyrrole nitrogens is 1. The number of halogens is 1. The number of rotatable bonds is 6. The maximum Gasteiger partial charge on any atom is 0.276 e. The van der Waals surface area contributed by atoms with E-state index >= 15 is 0 Å². The van der Waals surface area contributed by atoms with Crippen LogP contribution >= 0.6 is 0 Å².